The van der Waals surface area contributed by atoms with Gasteiger partial charge >= 0.3 is 0 Å². The van der Waals surface area contributed by atoms with Crippen molar-refractivity contribution in [3.05, 3.63) is 0 Å². The molecule has 0 bridgehead atoms. The molecule has 0 aliphatic carbocycles. The molecule has 0 spiro atoms. The van der Waals surface area contributed by atoms with Crippen molar-refractivity contribution in [2.24, 2.45) is 5.73 Å². The number of carbonyl (C=O) groups excluding carboxylic acids is 2. The van der Waals surface area contributed by atoms with E-state index < -0.39 is 18.1 Å². The zero-order valence-electron chi connectivity index (χ0n) is 8.08. The van der Waals surface area contributed by atoms with Crippen LogP contribution < -0.4 is 16.4 Å². The molecule has 0 aromatic carbocycles. The second-order valence-corrected chi connectivity index (χ2v) is 3.20. The van der Waals surface area contributed by atoms with Gasteiger partial charge in [0, 0.05) is 13.1 Å². The number of nitrogens with two attached hydrogens (primary N) is 1. The summed E-state index contributed by atoms with van der Waals surface area (Å²) in [5, 5.41) is 5.49. The van der Waals surface area contributed by atoms with Crippen LogP contribution in [0.4, 0.5) is 0 Å². The number of primary amides is 1. The third-order valence-corrected chi connectivity index (χ3v) is 2.01. The van der Waals surface area contributed by atoms with E-state index in [1.54, 1.807) is 0 Å². The first-order chi connectivity index (χ1) is 6.61. The fourth-order valence-corrected chi connectivity index (χ4v) is 1.11. The summed E-state index contributed by atoms with van der Waals surface area (Å²) in [4.78, 5) is 22.1. The molecule has 0 aromatic heterocycles. The van der Waals surface area contributed by atoms with Gasteiger partial charge in [-0.1, -0.05) is 0 Å². The van der Waals surface area contributed by atoms with Crippen molar-refractivity contribution in [2.45, 2.75) is 19.1 Å². The molecule has 2 amide bonds. The molecule has 1 fully saturated rings. The molecule has 4 N–H and O–H groups in total. The second-order valence-electron chi connectivity index (χ2n) is 3.20. The maximum Gasteiger partial charge on any atom is 0.251 e. The number of nitrogens with one attached hydrogen (secondary N) is 2. The third kappa shape index (κ3) is 2.97. The highest BCUT2D eigenvalue weighted by Gasteiger charge is 2.23. The molecule has 2 atom stereocenters. The average Bonchev–Trinajstić information content (AvgIpc) is 2.19. The summed E-state index contributed by atoms with van der Waals surface area (Å²) in [5.74, 6) is -0.856. The molecule has 80 valence electrons. The molecule has 6 heteroatoms. The summed E-state index contributed by atoms with van der Waals surface area (Å²) in [6, 6.07) is -0.659. The molecule has 1 rings (SSSR count). The molecule has 1 aliphatic heterocycles. The van der Waals surface area contributed by atoms with Gasteiger partial charge in [0.2, 0.25) is 5.91 Å². The first kappa shape index (κ1) is 10.9. The van der Waals surface area contributed by atoms with Crippen molar-refractivity contribution in [1.82, 2.24) is 10.6 Å². The number of amides is 2. The van der Waals surface area contributed by atoms with Crippen LogP contribution in [0.5, 0.6) is 0 Å². The monoisotopic (exact) mass is 201 g/mol. The maximum atomic E-state index is 11.4. The van der Waals surface area contributed by atoms with Crippen LogP contribution in [0.3, 0.4) is 0 Å². The minimum absolute atomic E-state index is 0.302. The highest BCUT2D eigenvalue weighted by atomic mass is 16.5. The summed E-state index contributed by atoms with van der Waals surface area (Å²) >= 11 is 0. The van der Waals surface area contributed by atoms with Gasteiger partial charge in [-0.2, -0.15) is 0 Å². The minimum atomic E-state index is -0.659. The van der Waals surface area contributed by atoms with Crippen LogP contribution in [0.2, 0.25) is 0 Å². The van der Waals surface area contributed by atoms with Crippen LogP contribution in [0, 0.1) is 0 Å². The van der Waals surface area contributed by atoms with E-state index in [1.165, 1.54) is 6.92 Å². The molecule has 1 aliphatic rings. The van der Waals surface area contributed by atoms with Gasteiger partial charge in [-0.25, -0.2) is 0 Å². The molecular formula is C8H15N3O3. The van der Waals surface area contributed by atoms with Crippen molar-refractivity contribution in [3.63, 3.8) is 0 Å². The molecule has 6 nitrogen and oxygen atoms in total. The van der Waals surface area contributed by atoms with Crippen molar-refractivity contribution in [3.8, 4) is 0 Å². The number of rotatable bonds is 3. The Morgan fingerprint density at radius 3 is 2.86 bits per heavy atom. The number of ether oxygens (including phenoxy) is 1. The lowest BCUT2D eigenvalue weighted by molar-refractivity contribution is -0.137. The molecule has 0 radical (unpaired) electrons. The quantitative estimate of drug-likeness (QED) is 0.490. The summed E-state index contributed by atoms with van der Waals surface area (Å²) in [6.07, 6.45) is -0.523. The Balaban J connectivity index is 2.36. The fourth-order valence-electron chi connectivity index (χ4n) is 1.11. The highest BCUT2D eigenvalue weighted by molar-refractivity contribution is 5.88. The van der Waals surface area contributed by atoms with Gasteiger partial charge in [0.05, 0.1) is 6.61 Å². The van der Waals surface area contributed by atoms with Gasteiger partial charge in [0.15, 0.2) is 0 Å². The average molecular weight is 201 g/mol. The van der Waals surface area contributed by atoms with Crippen LogP contribution in [0.15, 0.2) is 0 Å². The lowest BCUT2D eigenvalue weighted by atomic mass is 10.2. The zero-order chi connectivity index (χ0) is 10.6. The second kappa shape index (κ2) is 4.92. The lowest BCUT2D eigenvalue weighted by Gasteiger charge is -2.23. The predicted octanol–water partition coefficient (Wildman–Crippen LogP) is -2.04. The smallest absolute Gasteiger partial charge is 0.251 e. The molecule has 14 heavy (non-hydrogen) atoms. The van der Waals surface area contributed by atoms with E-state index in [4.69, 9.17) is 10.5 Å². The number of carbonyl (C=O) groups is 2. The topological polar surface area (TPSA) is 93.4 Å². The molecule has 0 aromatic rings. The van der Waals surface area contributed by atoms with E-state index in [-0.39, 0.29) is 5.91 Å². The Labute approximate surface area is 82.2 Å². The van der Waals surface area contributed by atoms with Gasteiger partial charge in [0.1, 0.15) is 12.1 Å². The molecule has 1 saturated heterocycles. The number of hydrogen-bond donors (Lipinski definition) is 3. The predicted molar refractivity (Wildman–Crippen MR) is 49.4 cm³/mol. The van der Waals surface area contributed by atoms with Crippen LogP contribution in [0.25, 0.3) is 0 Å². The van der Waals surface area contributed by atoms with E-state index in [1.807, 2.05) is 0 Å². The van der Waals surface area contributed by atoms with E-state index in [9.17, 15) is 9.59 Å². The summed E-state index contributed by atoms with van der Waals surface area (Å²) < 4.78 is 5.19. The fraction of sp³-hybridized carbons (Fsp3) is 0.750. The van der Waals surface area contributed by atoms with Gasteiger partial charge < -0.3 is 21.1 Å². The summed E-state index contributed by atoms with van der Waals surface area (Å²) in [6.45, 7) is 3.26. The Hall–Kier alpha value is -1.14. The van der Waals surface area contributed by atoms with Crippen molar-refractivity contribution >= 4 is 11.8 Å². The Kier molecular flexibility index (Phi) is 3.84. The van der Waals surface area contributed by atoms with Crippen LogP contribution >= 0.6 is 0 Å². The van der Waals surface area contributed by atoms with Crippen LogP contribution in [0.1, 0.15) is 6.92 Å². The molecule has 0 saturated carbocycles. The Morgan fingerprint density at radius 1 is 1.64 bits per heavy atom. The zero-order valence-corrected chi connectivity index (χ0v) is 8.08. The third-order valence-electron chi connectivity index (χ3n) is 2.01. The molecular weight excluding hydrogens is 186 g/mol. The number of hydrogen-bond acceptors (Lipinski definition) is 4. The normalized spacial score (nSPS) is 23.9. The van der Waals surface area contributed by atoms with Crippen molar-refractivity contribution in [1.29, 1.82) is 0 Å². The largest absolute Gasteiger partial charge is 0.368 e. The SMILES string of the molecule is C[C@H](NC(=O)C1CNCCO1)C(N)=O. The van der Waals surface area contributed by atoms with Crippen LogP contribution in [-0.4, -0.2) is 43.7 Å². The highest BCUT2D eigenvalue weighted by Crippen LogP contribution is 1.96. The van der Waals surface area contributed by atoms with E-state index in [0.29, 0.717) is 13.2 Å². The van der Waals surface area contributed by atoms with Gasteiger partial charge in [0.25, 0.3) is 5.91 Å². The van der Waals surface area contributed by atoms with E-state index >= 15 is 0 Å². The van der Waals surface area contributed by atoms with E-state index in [2.05, 4.69) is 10.6 Å². The van der Waals surface area contributed by atoms with Crippen LogP contribution in [-0.2, 0) is 14.3 Å². The molecule has 1 unspecified atom stereocenters. The first-order valence-electron chi connectivity index (χ1n) is 4.53. The first-order valence-corrected chi connectivity index (χ1v) is 4.53. The Bertz CT molecular complexity index is 226. The van der Waals surface area contributed by atoms with E-state index in [0.717, 1.165) is 6.54 Å². The van der Waals surface area contributed by atoms with Crippen molar-refractivity contribution in [2.75, 3.05) is 19.7 Å². The molecule has 1 heterocycles. The summed E-state index contributed by atoms with van der Waals surface area (Å²) in [5.41, 5.74) is 5.00. The standard InChI is InChI=1S/C8H15N3O3/c1-5(7(9)12)11-8(13)6-4-10-2-3-14-6/h5-6,10H,2-4H2,1H3,(H2,9,12)(H,11,13)/t5-,6?/m0/s1. The number of morpholine rings is 1. The van der Waals surface area contributed by atoms with Gasteiger partial charge in [-0.05, 0) is 6.92 Å². The minimum Gasteiger partial charge on any atom is -0.368 e. The lowest BCUT2D eigenvalue weighted by Crippen LogP contribution is -2.52. The summed E-state index contributed by atoms with van der Waals surface area (Å²) in [7, 11) is 0. The van der Waals surface area contributed by atoms with Gasteiger partial charge in [-0.15, -0.1) is 0 Å². The Morgan fingerprint density at radius 2 is 2.36 bits per heavy atom. The van der Waals surface area contributed by atoms with Crippen molar-refractivity contribution < 1.29 is 14.3 Å². The maximum absolute atomic E-state index is 11.4. The van der Waals surface area contributed by atoms with Gasteiger partial charge in [-0.3, -0.25) is 9.59 Å².